The van der Waals surface area contributed by atoms with Crippen molar-refractivity contribution in [1.29, 1.82) is 0 Å². The molecule has 0 fully saturated rings. The number of carbonyl (C=O) groups excluding carboxylic acids is 1. The number of aromatic nitrogens is 1. The number of aryl methyl sites for hydroxylation is 1. The Morgan fingerprint density at radius 2 is 1.96 bits per heavy atom. The molecule has 0 aliphatic heterocycles. The molecule has 0 bridgehead atoms. The molecular weight excluding hydrogens is 400 g/mol. The van der Waals surface area contributed by atoms with Crippen LogP contribution in [0.3, 0.4) is 0 Å². The maximum atomic E-state index is 13.0. The van der Waals surface area contributed by atoms with E-state index in [4.69, 9.17) is 0 Å². The summed E-state index contributed by atoms with van der Waals surface area (Å²) in [4.78, 5) is 14.8. The Morgan fingerprint density at radius 1 is 1.15 bits per heavy atom. The van der Waals surface area contributed by atoms with Crippen molar-refractivity contribution in [3.05, 3.63) is 106 Å². The molecule has 3 nitrogen and oxygen atoms in total. The molecule has 0 aliphatic rings. The first-order valence-corrected chi connectivity index (χ1v) is 9.72. The zero-order valence-corrected chi connectivity index (χ0v) is 17.0. The van der Waals surface area contributed by atoms with Crippen molar-refractivity contribution in [2.45, 2.75) is 20.0 Å². The molecule has 0 N–H and O–H groups in total. The maximum absolute atomic E-state index is 13.0. The molecule has 1 aromatic heterocycles. The Hall–Kier alpha value is -2.59. The summed E-state index contributed by atoms with van der Waals surface area (Å²) >= 11 is 3.44. The monoisotopic (exact) mass is 422 g/mol. The van der Waals surface area contributed by atoms with Crippen molar-refractivity contribution in [3.8, 4) is 0 Å². The lowest BCUT2D eigenvalue weighted by atomic mass is 10.1. The highest BCUT2D eigenvalue weighted by Crippen LogP contribution is 2.17. The van der Waals surface area contributed by atoms with Crippen LogP contribution >= 0.6 is 15.9 Å². The van der Waals surface area contributed by atoms with Crippen LogP contribution in [0.1, 0.15) is 27.2 Å². The molecule has 0 atom stereocenters. The number of hydrogen-bond acceptors (Lipinski definition) is 1. The highest BCUT2D eigenvalue weighted by molar-refractivity contribution is 9.10. The predicted molar refractivity (Wildman–Crippen MR) is 114 cm³/mol. The normalized spacial score (nSPS) is 10.6. The second kappa shape index (κ2) is 8.87. The Balaban J connectivity index is 1.82. The minimum atomic E-state index is -0.000147. The van der Waals surface area contributed by atoms with E-state index in [9.17, 15) is 4.79 Å². The molecule has 4 heteroatoms. The lowest BCUT2D eigenvalue weighted by molar-refractivity contribution is 0.0759. The van der Waals surface area contributed by atoms with Gasteiger partial charge in [-0.15, -0.1) is 6.58 Å². The molecule has 0 spiro atoms. The van der Waals surface area contributed by atoms with Crippen LogP contribution in [0.5, 0.6) is 0 Å². The van der Waals surface area contributed by atoms with Crippen LogP contribution in [0.15, 0.2) is 84.0 Å². The van der Waals surface area contributed by atoms with Gasteiger partial charge in [0.15, 0.2) is 0 Å². The Bertz CT molecular complexity index is 945. The average molecular weight is 423 g/mol. The van der Waals surface area contributed by atoms with Crippen molar-refractivity contribution >= 4 is 21.8 Å². The van der Waals surface area contributed by atoms with Crippen molar-refractivity contribution in [2.24, 2.45) is 0 Å². The fraction of sp³-hybridized carbons (Fsp3) is 0.174. The van der Waals surface area contributed by atoms with Crippen LogP contribution in [-0.4, -0.2) is 21.9 Å². The SMILES string of the molecule is C=CCN(Cc1cccn1Cc1ccccc1C)C(=O)c1cccc(Br)c1. The van der Waals surface area contributed by atoms with E-state index in [0.29, 0.717) is 18.7 Å². The van der Waals surface area contributed by atoms with Gasteiger partial charge in [0.2, 0.25) is 0 Å². The van der Waals surface area contributed by atoms with Crippen LogP contribution in [-0.2, 0) is 13.1 Å². The fourth-order valence-electron chi connectivity index (χ4n) is 3.09. The Labute approximate surface area is 169 Å². The van der Waals surface area contributed by atoms with E-state index in [2.05, 4.69) is 70.5 Å². The van der Waals surface area contributed by atoms with Crippen LogP contribution in [0, 0.1) is 6.92 Å². The molecule has 138 valence electrons. The van der Waals surface area contributed by atoms with Crippen molar-refractivity contribution in [3.63, 3.8) is 0 Å². The molecule has 27 heavy (non-hydrogen) atoms. The third-order valence-electron chi connectivity index (χ3n) is 4.59. The largest absolute Gasteiger partial charge is 0.345 e. The van der Waals surface area contributed by atoms with E-state index in [0.717, 1.165) is 16.7 Å². The third-order valence-corrected chi connectivity index (χ3v) is 5.08. The van der Waals surface area contributed by atoms with Gasteiger partial charge in [0.05, 0.1) is 6.54 Å². The summed E-state index contributed by atoms with van der Waals surface area (Å²) in [5, 5.41) is 0. The lowest BCUT2D eigenvalue weighted by Gasteiger charge is -2.22. The standard InChI is InChI=1S/C23H23BrN2O/c1-3-13-26(23(27)19-10-6-11-21(24)15-19)17-22-12-7-14-25(22)16-20-9-5-4-8-18(20)2/h3-12,14-15H,1,13,16-17H2,2H3. The molecule has 0 saturated heterocycles. The van der Waals surface area contributed by atoms with Crippen molar-refractivity contribution < 1.29 is 4.79 Å². The first kappa shape index (κ1) is 19.2. The number of hydrogen-bond donors (Lipinski definition) is 0. The van der Waals surface area contributed by atoms with Gasteiger partial charge in [-0.05, 0) is 48.4 Å². The van der Waals surface area contributed by atoms with E-state index < -0.39 is 0 Å². The third kappa shape index (κ3) is 4.77. The van der Waals surface area contributed by atoms with E-state index in [1.54, 1.807) is 6.08 Å². The summed E-state index contributed by atoms with van der Waals surface area (Å²) < 4.78 is 3.10. The van der Waals surface area contributed by atoms with E-state index in [1.165, 1.54) is 11.1 Å². The van der Waals surface area contributed by atoms with Gasteiger partial charge in [-0.2, -0.15) is 0 Å². The first-order chi connectivity index (χ1) is 13.1. The minimum absolute atomic E-state index is 0.000147. The molecular formula is C23H23BrN2O. The Morgan fingerprint density at radius 3 is 2.70 bits per heavy atom. The molecule has 1 amide bonds. The number of carbonyl (C=O) groups is 1. The van der Waals surface area contributed by atoms with E-state index >= 15 is 0 Å². The summed E-state index contributed by atoms with van der Waals surface area (Å²) in [5.74, 6) is -0.000147. The topological polar surface area (TPSA) is 25.2 Å². The number of amides is 1. The molecule has 0 aliphatic carbocycles. The molecule has 2 aromatic carbocycles. The highest BCUT2D eigenvalue weighted by atomic mass is 79.9. The number of nitrogens with zero attached hydrogens (tertiary/aromatic N) is 2. The number of rotatable bonds is 7. The second-order valence-corrected chi connectivity index (χ2v) is 7.45. The predicted octanol–water partition coefficient (Wildman–Crippen LogP) is 5.44. The quantitative estimate of drug-likeness (QED) is 0.465. The minimum Gasteiger partial charge on any atom is -0.345 e. The summed E-state index contributed by atoms with van der Waals surface area (Å²) in [6, 6.07) is 20.0. The van der Waals surface area contributed by atoms with Gasteiger partial charge >= 0.3 is 0 Å². The molecule has 3 rings (SSSR count). The maximum Gasteiger partial charge on any atom is 0.254 e. The molecule has 0 unspecified atom stereocenters. The van der Waals surface area contributed by atoms with Crippen LogP contribution in [0.4, 0.5) is 0 Å². The average Bonchev–Trinajstić information content (AvgIpc) is 3.09. The van der Waals surface area contributed by atoms with Gasteiger partial charge in [0.25, 0.3) is 5.91 Å². The lowest BCUT2D eigenvalue weighted by Crippen LogP contribution is -2.31. The van der Waals surface area contributed by atoms with Crippen molar-refractivity contribution in [1.82, 2.24) is 9.47 Å². The summed E-state index contributed by atoms with van der Waals surface area (Å²) in [5.41, 5.74) is 4.32. The van der Waals surface area contributed by atoms with Crippen LogP contribution in [0.2, 0.25) is 0 Å². The highest BCUT2D eigenvalue weighted by Gasteiger charge is 2.17. The van der Waals surface area contributed by atoms with Crippen molar-refractivity contribution in [2.75, 3.05) is 6.54 Å². The molecule has 0 radical (unpaired) electrons. The summed E-state index contributed by atoms with van der Waals surface area (Å²) in [7, 11) is 0. The van der Waals surface area contributed by atoms with Gasteiger partial charge in [-0.25, -0.2) is 0 Å². The first-order valence-electron chi connectivity index (χ1n) is 8.92. The van der Waals surface area contributed by atoms with Gasteiger partial charge in [0, 0.05) is 35.0 Å². The van der Waals surface area contributed by atoms with E-state index in [-0.39, 0.29) is 5.91 Å². The van der Waals surface area contributed by atoms with Crippen LogP contribution in [0.25, 0.3) is 0 Å². The summed E-state index contributed by atoms with van der Waals surface area (Å²) in [6.45, 7) is 7.77. The number of benzene rings is 2. The zero-order valence-electron chi connectivity index (χ0n) is 15.4. The van der Waals surface area contributed by atoms with Gasteiger partial charge in [-0.1, -0.05) is 52.3 Å². The molecule has 0 saturated carbocycles. The van der Waals surface area contributed by atoms with E-state index in [1.807, 2.05) is 35.2 Å². The van der Waals surface area contributed by atoms with Gasteiger partial charge in [0.1, 0.15) is 0 Å². The molecule has 3 aromatic rings. The van der Waals surface area contributed by atoms with Crippen LogP contribution < -0.4 is 0 Å². The molecule has 1 heterocycles. The summed E-state index contributed by atoms with van der Waals surface area (Å²) in [6.07, 6.45) is 3.84. The number of halogens is 1. The van der Waals surface area contributed by atoms with Gasteiger partial charge < -0.3 is 9.47 Å². The Kier molecular flexibility index (Phi) is 6.30. The zero-order chi connectivity index (χ0) is 19.2. The second-order valence-electron chi connectivity index (χ2n) is 6.54. The van der Waals surface area contributed by atoms with Gasteiger partial charge in [-0.3, -0.25) is 4.79 Å². The fourth-order valence-corrected chi connectivity index (χ4v) is 3.49. The smallest absolute Gasteiger partial charge is 0.254 e.